The lowest BCUT2D eigenvalue weighted by atomic mass is 10.2. The van der Waals surface area contributed by atoms with E-state index in [4.69, 9.17) is 16.6 Å². The third kappa shape index (κ3) is 4.70. The normalized spacial score (nSPS) is 18.1. The van der Waals surface area contributed by atoms with E-state index in [1.165, 1.54) is 11.8 Å². The van der Waals surface area contributed by atoms with Gasteiger partial charge in [-0.05, 0) is 66.7 Å². The number of carbonyl (C=O) groups excluding carboxylic acids is 1. The Kier molecular flexibility index (Phi) is 6.97. The molecule has 1 N–H and O–H groups in total. The van der Waals surface area contributed by atoms with Crippen LogP contribution >= 0.6 is 35.1 Å². The van der Waals surface area contributed by atoms with Crippen LogP contribution in [0.4, 0.5) is 17.1 Å². The van der Waals surface area contributed by atoms with Gasteiger partial charge >= 0.3 is 0 Å². The SMILES string of the molecule is CCNc1ccc(C#N)cc1/N=C1\S/C(=C2\Sc3ccccc3N2C)C(=O)N1Cc1cccc(Cl)c1. The number of thioether (sulfide) groups is 2. The summed E-state index contributed by atoms with van der Waals surface area (Å²) in [4.78, 5) is 24.2. The number of benzene rings is 3. The monoisotopic (exact) mass is 531 g/mol. The molecule has 1 amide bonds. The van der Waals surface area contributed by atoms with Crippen LogP contribution in [-0.4, -0.2) is 29.6 Å². The van der Waals surface area contributed by atoms with Crippen LogP contribution < -0.4 is 10.2 Å². The van der Waals surface area contributed by atoms with E-state index in [2.05, 4.69) is 28.4 Å². The zero-order chi connectivity index (χ0) is 25.2. The fourth-order valence-corrected chi connectivity index (χ4v) is 6.56. The molecule has 0 aliphatic carbocycles. The third-order valence-corrected chi connectivity index (χ3v) is 8.40. The van der Waals surface area contributed by atoms with Crippen LogP contribution in [0, 0.1) is 11.3 Å². The highest BCUT2D eigenvalue weighted by atomic mass is 35.5. The van der Waals surface area contributed by atoms with Crippen molar-refractivity contribution in [2.24, 2.45) is 4.99 Å². The average molecular weight is 532 g/mol. The Labute approximate surface area is 223 Å². The van der Waals surface area contributed by atoms with Gasteiger partial charge in [-0.2, -0.15) is 5.26 Å². The molecule has 5 rings (SSSR count). The molecule has 0 aromatic heterocycles. The fourth-order valence-electron chi connectivity index (χ4n) is 4.01. The van der Waals surface area contributed by atoms with Gasteiger partial charge in [0.15, 0.2) is 5.17 Å². The minimum absolute atomic E-state index is 0.109. The topological polar surface area (TPSA) is 71.7 Å². The predicted octanol–water partition coefficient (Wildman–Crippen LogP) is 6.82. The van der Waals surface area contributed by atoms with Crippen LogP contribution in [0.3, 0.4) is 0 Å². The molecule has 36 heavy (non-hydrogen) atoms. The highest BCUT2D eigenvalue weighted by molar-refractivity contribution is 8.19. The van der Waals surface area contributed by atoms with Crippen molar-refractivity contribution in [1.82, 2.24) is 4.90 Å². The van der Waals surface area contributed by atoms with Crippen molar-refractivity contribution in [2.45, 2.75) is 18.4 Å². The number of halogens is 1. The van der Waals surface area contributed by atoms with Crippen molar-refractivity contribution < 1.29 is 4.79 Å². The summed E-state index contributed by atoms with van der Waals surface area (Å²) in [5.74, 6) is -0.109. The molecular formula is C27H22ClN5OS2. The number of hydrogen-bond donors (Lipinski definition) is 1. The first-order valence-corrected chi connectivity index (χ1v) is 13.4. The van der Waals surface area contributed by atoms with Gasteiger partial charge in [-0.15, -0.1) is 0 Å². The second-order valence-electron chi connectivity index (χ2n) is 8.15. The van der Waals surface area contributed by atoms with E-state index in [1.807, 2.05) is 56.4 Å². The van der Waals surface area contributed by atoms with Crippen molar-refractivity contribution in [3.8, 4) is 6.07 Å². The van der Waals surface area contributed by atoms with Crippen molar-refractivity contribution in [3.05, 3.63) is 92.8 Å². The summed E-state index contributed by atoms with van der Waals surface area (Å²) in [6.45, 7) is 3.04. The number of para-hydroxylation sites is 1. The van der Waals surface area contributed by atoms with E-state index in [1.54, 1.807) is 28.8 Å². The Hall–Kier alpha value is -3.38. The lowest BCUT2D eigenvalue weighted by Crippen LogP contribution is -2.29. The Morgan fingerprint density at radius 2 is 1.92 bits per heavy atom. The molecule has 1 fully saturated rings. The Morgan fingerprint density at radius 1 is 1.08 bits per heavy atom. The highest BCUT2D eigenvalue weighted by Crippen LogP contribution is 2.50. The molecule has 3 aromatic rings. The minimum Gasteiger partial charge on any atom is -0.384 e. The summed E-state index contributed by atoms with van der Waals surface area (Å²) >= 11 is 9.17. The number of carbonyl (C=O) groups is 1. The summed E-state index contributed by atoms with van der Waals surface area (Å²) in [7, 11) is 1.98. The minimum atomic E-state index is -0.109. The molecule has 9 heteroatoms. The number of amidine groups is 1. The largest absolute Gasteiger partial charge is 0.384 e. The van der Waals surface area contributed by atoms with Gasteiger partial charge in [-0.25, -0.2) is 4.99 Å². The van der Waals surface area contributed by atoms with Crippen LogP contribution in [0.1, 0.15) is 18.1 Å². The number of nitrogens with one attached hydrogen (secondary N) is 1. The Balaban J connectivity index is 1.60. The van der Waals surface area contributed by atoms with Crippen molar-refractivity contribution in [1.29, 1.82) is 5.26 Å². The average Bonchev–Trinajstić information content (AvgIpc) is 3.37. The number of aliphatic imine (C=N–C) groups is 1. The first-order valence-electron chi connectivity index (χ1n) is 11.3. The molecule has 6 nitrogen and oxygen atoms in total. The maximum atomic E-state index is 13.8. The van der Waals surface area contributed by atoms with E-state index < -0.39 is 0 Å². The van der Waals surface area contributed by atoms with Crippen LogP contribution in [-0.2, 0) is 11.3 Å². The van der Waals surface area contributed by atoms with Crippen LogP contribution in [0.25, 0.3) is 0 Å². The number of rotatable bonds is 5. The molecule has 0 atom stereocenters. The van der Waals surface area contributed by atoms with E-state index in [9.17, 15) is 10.1 Å². The van der Waals surface area contributed by atoms with Gasteiger partial charge < -0.3 is 10.2 Å². The summed E-state index contributed by atoms with van der Waals surface area (Å²) < 4.78 is 0. The highest BCUT2D eigenvalue weighted by Gasteiger charge is 2.39. The molecule has 0 radical (unpaired) electrons. The number of fused-ring (bicyclic) bond motifs is 1. The number of nitrogens with zero attached hydrogens (tertiary/aromatic N) is 4. The standard InChI is InChI=1S/C27H22ClN5OS2/c1-3-30-20-12-11-17(15-29)14-21(20)31-27-33(16-18-7-6-8-19(28)13-18)25(34)24(36-27)26-32(2)22-9-4-5-10-23(22)35-26/h4-14,30H,3,16H2,1-2H3/b26-24-,31-27-. The molecule has 2 heterocycles. The summed E-state index contributed by atoms with van der Waals surface area (Å²) in [5.41, 5.74) is 3.90. The van der Waals surface area contributed by atoms with Crippen LogP contribution in [0.5, 0.6) is 0 Å². The van der Waals surface area contributed by atoms with E-state index in [-0.39, 0.29) is 5.91 Å². The molecule has 1 saturated heterocycles. The lowest BCUT2D eigenvalue weighted by molar-refractivity contribution is -0.122. The van der Waals surface area contributed by atoms with Gasteiger partial charge in [0.1, 0.15) is 4.91 Å². The lowest BCUT2D eigenvalue weighted by Gasteiger charge is -2.17. The summed E-state index contributed by atoms with van der Waals surface area (Å²) in [6.07, 6.45) is 0. The zero-order valence-electron chi connectivity index (χ0n) is 19.7. The van der Waals surface area contributed by atoms with Crippen LogP contribution in [0.15, 0.2) is 86.6 Å². The summed E-state index contributed by atoms with van der Waals surface area (Å²) in [5, 5.41) is 14.8. The molecule has 2 aliphatic heterocycles. The quantitative estimate of drug-likeness (QED) is 0.364. The number of hydrogen-bond acceptors (Lipinski definition) is 7. The third-order valence-electron chi connectivity index (χ3n) is 5.74. The van der Waals surface area contributed by atoms with Crippen molar-refractivity contribution >= 4 is 63.3 Å². The predicted molar refractivity (Wildman–Crippen MR) is 150 cm³/mol. The Bertz CT molecular complexity index is 1460. The first kappa shape index (κ1) is 24.3. The molecule has 0 saturated carbocycles. The fraction of sp³-hybridized carbons (Fsp3) is 0.148. The first-order chi connectivity index (χ1) is 17.5. The molecule has 2 aliphatic rings. The molecule has 3 aromatic carbocycles. The smallest absolute Gasteiger partial charge is 0.269 e. The maximum Gasteiger partial charge on any atom is 0.269 e. The van der Waals surface area contributed by atoms with Gasteiger partial charge in [0.05, 0.1) is 40.3 Å². The van der Waals surface area contributed by atoms with E-state index >= 15 is 0 Å². The van der Waals surface area contributed by atoms with Gasteiger partial charge in [0.25, 0.3) is 5.91 Å². The molecule has 180 valence electrons. The van der Waals surface area contributed by atoms with Gasteiger partial charge in [-0.1, -0.05) is 47.6 Å². The van der Waals surface area contributed by atoms with E-state index in [0.29, 0.717) is 39.4 Å². The van der Waals surface area contributed by atoms with Gasteiger partial charge in [0.2, 0.25) is 0 Å². The summed E-state index contributed by atoms with van der Waals surface area (Å²) in [6, 6.07) is 23.1. The number of anilines is 2. The second-order valence-corrected chi connectivity index (χ2v) is 10.6. The van der Waals surface area contributed by atoms with Gasteiger partial charge in [-0.3, -0.25) is 9.69 Å². The number of nitriles is 1. The molecule has 0 spiro atoms. The zero-order valence-corrected chi connectivity index (χ0v) is 22.0. The maximum absolute atomic E-state index is 13.8. The van der Waals surface area contributed by atoms with Crippen molar-refractivity contribution in [3.63, 3.8) is 0 Å². The van der Waals surface area contributed by atoms with Crippen molar-refractivity contribution in [2.75, 3.05) is 23.8 Å². The van der Waals surface area contributed by atoms with E-state index in [0.717, 1.165) is 26.9 Å². The second kappa shape index (κ2) is 10.3. The van der Waals surface area contributed by atoms with Crippen LogP contribution in [0.2, 0.25) is 5.02 Å². The van der Waals surface area contributed by atoms with Gasteiger partial charge in [0, 0.05) is 23.5 Å². The molecule has 0 bridgehead atoms. The Morgan fingerprint density at radius 3 is 2.67 bits per heavy atom. The number of amides is 1. The molecule has 0 unspecified atom stereocenters. The molecular weight excluding hydrogens is 510 g/mol.